The van der Waals surface area contributed by atoms with E-state index < -0.39 is 0 Å². The number of hydrogen-bond donors (Lipinski definition) is 0. The number of nitrogens with zero attached hydrogens (tertiary/aromatic N) is 2. The number of aromatic nitrogens is 2. The fraction of sp³-hybridized carbons (Fsp3) is 0. The lowest BCUT2D eigenvalue weighted by Gasteiger charge is -2.20. The van der Waals surface area contributed by atoms with E-state index in [9.17, 15) is 0 Å². The molecule has 2 heteroatoms. The molecule has 12 aromatic rings. The lowest BCUT2D eigenvalue weighted by Crippen LogP contribution is -1.93. The van der Waals surface area contributed by atoms with Gasteiger partial charge in [0, 0.05) is 12.4 Å². The highest BCUT2D eigenvalue weighted by molar-refractivity contribution is 6.27. The molecule has 0 radical (unpaired) electrons. The molecule has 62 heavy (non-hydrogen) atoms. The van der Waals surface area contributed by atoms with Gasteiger partial charge in [-0.15, -0.1) is 0 Å². The summed E-state index contributed by atoms with van der Waals surface area (Å²) < 4.78 is 0. The molecule has 0 N–H and O–H groups in total. The first-order chi connectivity index (χ1) is 30.8. The van der Waals surface area contributed by atoms with Gasteiger partial charge in [-0.3, -0.25) is 9.97 Å². The van der Waals surface area contributed by atoms with Crippen LogP contribution in [0.4, 0.5) is 0 Å². The summed E-state index contributed by atoms with van der Waals surface area (Å²) in [5.41, 5.74) is 22.0. The highest BCUT2D eigenvalue weighted by Crippen LogP contribution is 2.53. The van der Waals surface area contributed by atoms with Crippen LogP contribution in [0.1, 0.15) is 0 Å². The second-order valence-electron chi connectivity index (χ2n) is 16.8. The molecule has 11 aromatic carbocycles. The van der Waals surface area contributed by atoms with Crippen molar-refractivity contribution in [1.29, 1.82) is 0 Å². The van der Waals surface area contributed by atoms with Crippen LogP contribution in [0.25, 0.3) is 143 Å². The van der Waals surface area contributed by atoms with Gasteiger partial charge in [-0.1, -0.05) is 176 Å². The van der Waals surface area contributed by atoms with Gasteiger partial charge in [-0.2, -0.15) is 0 Å². The van der Waals surface area contributed by atoms with Crippen molar-refractivity contribution in [3.63, 3.8) is 0 Å². The monoisotopic (exact) mass is 782 g/mol. The van der Waals surface area contributed by atoms with Crippen LogP contribution in [0, 0.1) is 0 Å². The molecule has 0 saturated carbocycles. The maximum Gasteiger partial charge on any atom is 0.0892 e. The van der Waals surface area contributed by atoms with Crippen molar-refractivity contribution >= 4 is 54.1 Å². The molecule has 0 bridgehead atoms. The largest absolute Gasteiger partial charge is 0.253 e. The number of hydrogen-bond acceptors (Lipinski definition) is 2. The van der Waals surface area contributed by atoms with Crippen LogP contribution in [0.5, 0.6) is 0 Å². The topological polar surface area (TPSA) is 25.8 Å². The minimum atomic E-state index is 0.890. The number of benzene rings is 11. The van der Waals surface area contributed by atoms with Crippen molar-refractivity contribution in [3.8, 4) is 89.0 Å². The van der Waals surface area contributed by atoms with Crippen LogP contribution in [0.3, 0.4) is 0 Å². The van der Waals surface area contributed by atoms with Gasteiger partial charge in [0.15, 0.2) is 0 Å². The van der Waals surface area contributed by atoms with Crippen LogP contribution in [0.15, 0.2) is 207 Å². The van der Waals surface area contributed by atoms with E-state index in [-0.39, 0.29) is 0 Å². The molecule has 1 heterocycles. The van der Waals surface area contributed by atoms with E-state index in [0.717, 1.165) is 22.2 Å². The predicted molar refractivity (Wildman–Crippen MR) is 260 cm³/mol. The minimum Gasteiger partial charge on any atom is -0.253 e. The van der Waals surface area contributed by atoms with Crippen LogP contribution in [0.2, 0.25) is 0 Å². The van der Waals surface area contributed by atoms with E-state index >= 15 is 0 Å². The second kappa shape index (κ2) is 12.7. The van der Waals surface area contributed by atoms with E-state index in [1.54, 1.807) is 12.4 Å². The first kappa shape index (κ1) is 33.6. The van der Waals surface area contributed by atoms with Crippen molar-refractivity contribution < 1.29 is 0 Å². The van der Waals surface area contributed by atoms with Gasteiger partial charge < -0.3 is 0 Å². The molecule has 0 unspecified atom stereocenters. The fourth-order valence-corrected chi connectivity index (χ4v) is 11.0. The fourth-order valence-electron chi connectivity index (χ4n) is 11.0. The molecule has 0 saturated heterocycles. The highest BCUT2D eigenvalue weighted by Gasteiger charge is 2.26. The number of rotatable bonds is 4. The summed E-state index contributed by atoms with van der Waals surface area (Å²) in [6.07, 6.45) is 3.53. The Bertz CT molecular complexity index is 3860. The second-order valence-corrected chi connectivity index (χ2v) is 16.8. The summed E-state index contributed by atoms with van der Waals surface area (Å²) in [5.74, 6) is 0. The quantitative estimate of drug-likeness (QED) is 0.166. The molecule has 2 aliphatic rings. The Balaban J connectivity index is 1.01. The molecule has 0 aliphatic heterocycles. The lowest BCUT2D eigenvalue weighted by molar-refractivity contribution is 1.29. The Kier molecular flexibility index (Phi) is 6.86. The third-order valence-corrected chi connectivity index (χ3v) is 13.7. The first-order valence-electron chi connectivity index (χ1n) is 21.4. The zero-order valence-electron chi connectivity index (χ0n) is 33.5. The Morgan fingerprint density at radius 1 is 0.226 bits per heavy atom. The van der Waals surface area contributed by atoms with E-state index in [1.807, 2.05) is 0 Å². The van der Waals surface area contributed by atoms with Gasteiger partial charge in [0.2, 0.25) is 0 Å². The average Bonchev–Trinajstić information content (AvgIpc) is 3.85. The summed E-state index contributed by atoms with van der Waals surface area (Å²) in [6.45, 7) is 0. The van der Waals surface area contributed by atoms with Crippen molar-refractivity contribution in [2.75, 3.05) is 0 Å². The van der Waals surface area contributed by atoms with Crippen molar-refractivity contribution in [3.05, 3.63) is 207 Å². The summed E-state index contributed by atoms with van der Waals surface area (Å²) in [5, 5.41) is 10.2. The van der Waals surface area contributed by atoms with Gasteiger partial charge in [0.1, 0.15) is 0 Å². The van der Waals surface area contributed by atoms with E-state index in [4.69, 9.17) is 0 Å². The standard InChI is InChI=1S/C60H34N2/c1-3-11-42-40(9-1)45-16-7-15-44-39(26-27-50(42)58(44)45)35-19-21-36(22-20-35)57-47-13-5-6-14-48(47)60(52-29-28-51-43-12-4-2-10-41(43)46-17-8-18-49(52)59(46)51)53-25-23-37(33-54(53)57)38-24-30-55-56(34-38)62-32-31-61-55/h1-34H. The average molecular weight is 783 g/mol. The van der Waals surface area contributed by atoms with E-state index in [2.05, 4.69) is 204 Å². The van der Waals surface area contributed by atoms with Gasteiger partial charge in [-0.05, 0) is 150 Å². The third kappa shape index (κ3) is 4.64. The van der Waals surface area contributed by atoms with E-state index in [0.29, 0.717) is 0 Å². The van der Waals surface area contributed by atoms with Gasteiger partial charge in [-0.25, -0.2) is 0 Å². The van der Waals surface area contributed by atoms with Crippen LogP contribution in [-0.4, -0.2) is 9.97 Å². The van der Waals surface area contributed by atoms with Crippen LogP contribution < -0.4 is 0 Å². The summed E-state index contributed by atoms with van der Waals surface area (Å²) in [4.78, 5) is 9.22. The van der Waals surface area contributed by atoms with E-state index in [1.165, 1.54) is 121 Å². The Hall–Kier alpha value is -8.20. The zero-order chi connectivity index (χ0) is 40.5. The van der Waals surface area contributed by atoms with Gasteiger partial charge in [0.25, 0.3) is 0 Å². The third-order valence-electron chi connectivity index (χ3n) is 13.7. The Labute approximate surface area is 358 Å². The van der Waals surface area contributed by atoms with Crippen molar-refractivity contribution in [2.45, 2.75) is 0 Å². The molecule has 14 rings (SSSR count). The molecule has 2 aliphatic carbocycles. The smallest absolute Gasteiger partial charge is 0.0892 e. The van der Waals surface area contributed by atoms with Gasteiger partial charge >= 0.3 is 0 Å². The van der Waals surface area contributed by atoms with Crippen LogP contribution >= 0.6 is 0 Å². The molecule has 2 nitrogen and oxygen atoms in total. The number of fused-ring (bicyclic) bond motifs is 9. The molecule has 0 spiro atoms. The highest BCUT2D eigenvalue weighted by atomic mass is 14.8. The predicted octanol–water partition coefficient (Wildman–Crippen LogP) is 16.2. The molecular formula is C60H34N2. The summed E-state index contributed by atoms with van der Waals surface area (Å²) in [7, 11) is 0. The Morgan fingerprint density at radius 2 is 0.661 bits per heavy atom. The lowest BCUT2D eigenvalue weighted by atomic mass is 9.83. The van der Waals surface area contributed by atoms with Crippen LogP contribution in [-0.2, 0) is 0 Å². The molecule has 284 valence electrons. The molecular weight excluding hydrogens is 749 g/mol. The Morgan fingerprint density at radius 3 is 1.32 bits per heavy atom. The first-order valence-corrected chi connectivity index (χ1v) is 21.4. The summed E-state index contributed by atoms with van der Waals surface area (Å²) >= 11 is 0. The van der Waals surface area contributed by atoms with Crippen molar-refractivity contribution in [1.82, 2.24) is 9.97 Å². The SMILES string of the molecule is c1ccc2c(c1)-c1cccc3c(-c4ccc(-c5c6ccccc6c(-c6ccc7c8c(cccc68)-c6ccccc6-7)c6ccc(-c7ccc8nccnc8c7)cc56)cc4)ccc-2c13. The zero-order valence-corrected chi connectivity index (χ0v) is 33.5. The molecule has 0 atom stereocenters. The van der Waals surface area contributed by atoms with Gasteiger partial charge in [0.05, 0.1) is 11.0 Å². The molecule has 0 fully saturated rings. The maximum absolute atomic E-state index is 4.67. The van der Waals surface area contributed by atoms with Crippen molar-refractivity contribution in [2.24, 2.45) is 0 Å². The summed E-state index contributed by atoms with van der Waals surface area (Å²) in [6, 6.07) is 72.4. The maximum atomic E-state index is 4.67. The normalized spacial score (nSPS) is 12.2. The minimum absolute atomic E-state index is 0.890. The molecule has 0 amide bonds. The molecule has 1 aromatic heterocycles.